The number of amides is 1. The normalized spacial score (nSPS) is 23.6. The number of nitrogens with zero attached hydrogens (tertiary/aromatic N) is 1. The van der Waals surface area contributed by atoms with Crippen LogP contribution < -0.4 is 10.2 Å². The highest BCUT2D eigenvalue weighted by atomic mass is 35.5. The van der Waals surface area contributed by atoms with Crippen molar-refractivity contribution < 1.29 is 19.4 Å². The zero-order valence-electron chi connectivity index (χ0n) is 17.6. The van der Waals surface area contributed by atoms with Crippen LogP contribution in [0.4, 0.5) is 10.5 Å². The lowest BCUT2D eigenvalue weighted by Crippen LogP contribution is -2.54. The zero-order chi connectivity index (χ0) is 22.1. The predicted octanol–water partition coefficient (Wildman–Crippen LogP) is 4.61. The van der Waals surface area contributed by atoms with Crippen LogP contribution in [0.1, 0.15) is 54.2 Å². The van der Waals surface area contributed by atoms with Crippen molar-refractivity contribution in [1.82, 2.24) is 5.32 Å². The molecule has 1 fully saturated rings. The van der Waals surface area contributed by atoms with Crippen molar-refractivity contribution in [3.8, 4) is 0 Å². The van der Waals surface area contributed by atoms with E-state index in [1.165, 1.54) is 0 Å². The van der Waals surface area contributed by atoms with Crippen molar-refractivity contribution in [2.24, 2.45) is 11.8 Å². The van der Waals surface area contributed by atoms with Crippen molar-refractivity contribution in [2.75, 3.05) is 4.90 Å². The fourth-order valence-electron chi connectivity index (χ4n) is 4.70. The molecule has 0 radical (unpaired) electrons. The van der Waals surface area contributed by atoms with Crippen LogP contribution in [0.5, 0.6) is 0 Å². The smallest absolute Gasteiger partial charge is 0.407 e. The van der Waals surface area contributed by atoms with Gasteiger partial charge in [0, 0.05) is 23.2 Å². The van der Waals surface area contributed by atoms with E-state index in [0.717, 1.165) is 29.7 Å². The van der Waals surface area contributed by atoms with Crippen LogP contribution in [-0.2, 0) is 11.3 Å². The average molecular weight is 443 g/mol. The molecule has 2 aliphatic rings. The number of nitrogens with one attached hydrogen (secondary N) is 1. The molecular formula is C24H27ClN2O4. The number of hydrogen-bond donors (Lipinski definition) is 2. The summed E-state index contributed by atoms with van der Waals surface area (Å²) in [5.41, 5.74) is 2.82. The molecule has 1 amide bonds. The number of carbonyl (C=O) groups excluding carboxylic acids is 2. The Labute approximate surface area is 187 Å². The van der Waals surface area contributed by atoms with Crippen LogP contribution in [0.2, 0.25) is 0 Å². The van der Waals surface area contributed by atoms with E-state index < -0.39 is 17.6 Å². The Bertz CT molecular complexity index is 961. The van der Waals surface area contributed by atoms with E-state index in [-0.39, 0.29) is 24.6 Å². The van der Waals surface area contributed by atoms with Crippen LogP contribution >= 0.6 is 11.6 Å². The lowest BCUT2D eigenvalue weighted by Gasteiger charge is -2.48. The molecule has 1 saturated carbocycles. The number of alkyl carbamates (subject to hydrolysis) is 1. The fourth-order valence-corrected chi connectivity index (χ4v) is 4.82. The minimum Gasteiger partial charge on any atom is -0.445 e. The largest absolute Gasteiger partial charge is 0.445 e. The molecular weight excluding hydrogens is 416 g/mol. The van der Waals surface area contributed by atoms with Crippen molar-refractivity contribution in [1.29, 1.82) is 0 Å². The Morgan fingerprint density at radius 2 is 1.94 bits per heavy atom. The van der Waals surface area contributed by atoms with Gasteiger partial charge in [-0.25, -0.2) is 4.79 Å². The minimum absolute atomic E-state index is 0.000414. The van der Waals surface area contributed by atoms with Crippen LogP contribution in [-0.4, -0.2) is 28.7 Å². The van der Waals surface area contributed by atoms with Gasteiger partial charge in [-0.05, 0) is 66.6 Å². The highest BCUT2D eigenvalue weighted by Crippen LogP contribution is 2.49. The first kappa shape index (κ1) is 21.7. The van der Waals surface area contributed by atoms with E-state index in [2.05, 4.69) is 12.2 Å². The summed E-state index contributed by atoms with van der Waals surface area (Å²) in [6, 6.07) is 14.4. The third kappa shape index (κ3) is 4.55. The predicted molar refractivity (Wildman–Crippen MR) is 119 cm³/mol. The number of carbonyl (C=O) groups is 2. The molecule has 1 heterocycles. The van der Waals surface area contributed by atoms with E-state index in [1.807, 2.05) is 41.3 Å². The van der Waals surface area contributed by atoms with E-state index >= 15 is 0 Å². The summed E-state index contributed by atoms with van der Waals surface area (Å²) in [5, 5.41) is 13.0. The molecule has 0 saturated heterocycles. The van der Waals surface area contributed by atoms with Gasteiger partial charge in [-0.1, -0.05) is 37.3 Å². The first-order valence-corrected chi connectivity index (χ1v) is 11.0. The maximum absolute atomic E-state index is 12.7. The second kappa shape index (κ2) is 8.89. The van der Waals surface area contributed by atoms with Crippen LogP contribution in [0.15, 0.2) is 48.5 Å². The van der Waals surface area contributed by atoms with Gasteiger partial charge in [0.2, 0.25) is 0 Å². The number of ether oxygens (including phenoxy) is 1. The molecule has 6 nitrogen and oxygen atoms in total. The highest BCUT2D eigenvalue weighted by molar-refractivity contribution is 6.67. The second-order valence-electron chi connectivity index (χ2n) is 8.46. The van der Waals surface area contributed by atoms with Gasteiger partial charge in [0.25, 0.3) is 5.24 Å². The molecule has 0 spiro atoms. The maximum atomic E-state index is 12.7. The van der Waals surface area contributed by atoms with Gasteiger partial charge >= 0.3 is 6.09 Å². The summed E-state index contributed by atoms with van der Waals surface area (Å²) in [5.74, 6) is 0.455. The van der Waals surface area contributed by atoms with Gasteiger partial charge in [-0.3, -0.25) is 4.79 Å². The molecule has 4 atom stereocenters. The zero-order valence-corrected chi connectivity index (χ0v) is 18.4. The maximum Gasteiger partial charge on any atom is 0.407 e. The Kier molecular flexibility index (Phi) is 6.21. The Hall–Kier alpha value is -2.57. The fraction of sp³-hybridized carbons (Fsp3) is 0.417. The van der Waals surface area contributed by atoms with Gasteiger partial charge in [0.1, 0.15) is 12.8 Å². The Morgan fingerprint density at radius 1 is 1.23 bits per heavy atom. The van der Waals surface area contributed by atoms with Crippen LogP contribution in [0.3, 0.4) is 0 Å². The van der Waals surface area contributed by atoms with E-state index in [9.17, 15) is 14.7 Å². The monoisotopic (exact) mass is 442 g/mol. The number of anilines is 1. The van der Waals surface area contributed by atoms with Crippen molar-refractivity contribution in [2.45, 2.75) is 51.6 Å². The summed E-state index contributed by atoms with van der Waals surface area (Å²) < 4.78 is 5.45. The van der Waals surface area contributed by atoms with Gasteiger partial charge in [0.15, 0.2) is 0 Å². The molecule has 2 aromatic carbocycles. The SMILES string of the molecule is CC(O)N1c2ccc(C(=O)Cl)cc2C(NC(=O)OCc2ccccc2)[C@@H](C)[C@@H]1C1CC1. The molecule has 0 aromatic heterocycles. The summed E-state index contributed by atoms with van der Waals surface area (Å²) in [4.78, 5) is 26.5. The third-order valence-corrected chi connectivity index (χ3v) is 6.47. The lowest BCUT2D eigenvalue weighted by atomic mass is 9.79. The quantitative estimate of drug-likeness (QED) is 0.639. The van der Waals surface area contributed by atoms with Gasteiger partial charge < -0.3 is 20.1 Å². The Morgan fingerprint density at radius 3 is 2.55 bits per heavy atom. The third-order valence-electron chi connectivity index (χ3n) is 6.25. The molecule has 7 heteroatoms. The molecule has 164 valence electrons. The summed E-state index contributed by atoms with van der Waals surface area (Å²) in [6.07, 6.45) is 0.971. The van der Waals surface area contributed by atoms with E-state index in [4.69, 9.17) is 16.3 Å². The summed E-state index contributed by atoms with van der Waals surface area (Å²) in [7, 11) is 0. The van der Waals surface area contributed by atoms with Crippen molar-refractivity contribution >= 4 is 28.6 Å². The topological polar surface area (TPSA) is 78.9 Å². The average Bonchev–Trinajstić information content (AvgIpc) is 3.59. The van der Waals surface area contributed by atoms with Crippen LogP contribution in [0, 0.1) is 11.8 Å². The molecule has 31 heavy (non-hydrogen) atoms. The molecule has 2 N–H and O–H groups in total. The first-order chi connectivity index (χ1) is 14.9. The number of benzene rings is 2. The molecule has 1 aliphatic heterocycles. The standard InChI is InChI=1S/C24H27ClN2O4/c1-14-21(26-24(30)31-13-16-6-4-3-5-7-16)19-12-18(23(25)29)10-11-20(19)27(15(2)28)22(14)17-8-9-17/h3-7,10-12,14-15,17,21-22,28H,8-9,13H2,1-2H3,(H,26,30)/t14-,15?,21?,22-/m1/s1. The lowest BCUT2D eigenvalue weighted by molar-refractivity contribution is 0.108. The number of aliphatic hydroxyl groups excluding tert-OH is 1. The number of fused-ring (bicyclic) bond motifs is 1. The van der Waals surface area contributed by atoms with Gasteiger partial charge in [-0.15, -0.1) is 0 Å². The number of aliphatic hydroxyl groups is 1. The summed E-state index contributed by atoms with van der Waals surface area (Å²) >= 11 is 5.73. The van der Waals surface area contributed by atoms with Gasteiger partial charge in [-0.2, -0.15) is 0 Å². The molecule has 2 unspecified atom stereocenters. The van der Waals surface area contributed by atoms with Gasteiger partial charge in [0.05, 0.1) is 6.04 Å². The van der Waals surface area contributed by atoms with E-state index in [1.54, 1.807) is 19.1 Å². The minimum atomic E-state index is -0.699. The number of hydrogen-bond acceptors (Lipinski definition) is 5. The van der Waals surface area contributed by atoms with E-state index in [0.29, 0.717) is 11.5 Å². The second-order valence-corrected chi connectivity index (χ2v) is 8.80. The molecule has 4 rings (SSSR count). The van der Waals surface area contributed by atoms with Crippen molar-refractivity contribution in [3.05, 3.63) is 65.2 Å². The summed E-state index contributed by atoms with van der Waals surface area (Å²) in [6.45, 7) is 3.99. The van der Waals surface area contributed by atoms with Crippen LogP contribution in [0.25, 0.3) is 0 Å². The first-order valence-electron chi connectivity index (χ1n) is 10.6. The Balaban J connectivity index is 1.63. The van der Waals surface area contributed by atoms with Crippen molar-refractivity contribution in [3.63, 3.8) is 0 Å². The molecule has 1 aliphatic carbocycles. The number of rotatable bonds is 6. The number of halogens is 1. The molecule has 0 bridgehead atoms. The molecule has 2 aromatic rings. The highest BCUT2D eigenvalue weighted by Gasteiger charge is 2.47.